The third-order valence-electron chi connectivity index (χ3n) is 2.32. The minimum absolute atomic E-state index is 0.247. The Labute approximate surface area is 95.5 Å². The molecule has 0 saturated carbocycles. The third-order valence-corrected chi connectivity index (χ3v) is 2.50. The molecule has 0 aliphatic carbocycles. The van der Waals surface area contributed by atoms with E-state index < -0.39 is 0 Å². The van der Waals surface area contributed by atoms with Crippen molar-refractivity contribution in [3.63, 3.8) is 0 Å². The van der Waals surface area contributed by atoms with Gasteiger partial charge in [0.1, 0.15) is 5.76 Å². The second kappa shape index (κ2) is 5.93. The number of aryl methyl sites for hydroxylation is 2. The van der Waals surface area contributed by atoms with E-state index in [0.29, 0.717) is 5.88 Å². The van der Waals surface area contributed by atoms with E-state index >= 15 is 0 Å². The van der Waals surface area contributed by atoms with Crippen LogP contribution in [0.4, 0.5) is 0 Å². The van der Waals surface area contributed by atoms with E-state index in [1.807, 2.05) is 26.0 Å². The summed E-state index contributed by atoms with van der Waals surface area (Å²) in [6.45, 7) is 6.79. The summed E-state index contributed by atoms with van der Waals surface area (Å²) in [5.41, 5.74) is 2.10. The summed E-state index contributed by atoms with van der Waals surface area (Å²) in [4.78, 5) is 0. The van der Waals surface area contributed by atoms with Gasteiger partial charge in [-0.2, -0.15) is 0 Å². The van der Waals surface area contributed by atoms with Crippen LogP contribution in [0, 0.1) is 13.8 Å². The molecule has 3 nitrogen and oxygen atoms in total. The molecule has 1 atom stereocenters. The molecule has 0 bridgehead atoms. The normalized spacial score (nSPS) is 13.6. The average molecular weight is 229 g/mol. The molecule has 0 radical (unpaired) electrons. The molecule has 1 N–H and O–H groups in total. The molecule has 1 aromatic heterocycles. The molecule has 84 valence electrons. The third kappa shape index (κ3) is 3.36. The Hall–Kier alpha value is -0.800. The molecule has 1 unspecified atom stereocenters. The Morgan fingerprint density at radius 1 is 1.47 bits per heavy atom. The highest BCUT2D eigenvalue weighted by Gasteiger charge is 2.14. The molecule has 0 aliphatic rings. The topological polar surface area (TPSA) is 38.1 Å². The molecule has 4 heteroatoms. The lowest BCUT2D eigenvalue weighted by Gasteiger charge is -2.11. The highest BCUT2D eigenvalue weighted by Crippen LogP contribution is 2.20. The van der Waals surface area contributed by atoms with E-state index in [0.717, 1.165) is 23.6 Å². The molecule has 1 rings (SSSR count). The van der Waals surface area contributed by atoms with Crippen LogP contribution in [0.25, 0.3) is 0 Å². The largest absolute Gasteiger partial charge is 0.361 e. The van der Waals surface area contributed by atoms with Crippen molar-refractivity contribution in [2.75, 3.05) is 12.4 Å². The lowest BCUT2D eigenvalue weighted by Crippen LogP contribution is -2.19. The zero-order valence-electron chi connectivity index (χ0n) is 9.38. The van der Waals surface area contributed by atoms with Gasteiger partial charge in [0.2, 0.25) is 0 Å². The molecule has 0 aromatic carbocycles. The van der Waals surface area contributed by atoms with E-state index in [1.54, 1.807) is 0 Å². The first-order valence-corrected chi connectivity index (χ1v) is 5.57. The van der Waals surface area contributed by atoms with E-state index in [-0.39, 0.29) is 6.04 Å². The smallest absolute Gasteiger partial charge is 0.138 e. The van der Waals surface area contributed by atoms with E-state index in [4.69, 9.17) is 16.1 Å². The van der Waals surface area contributed by atoms with Gasteiger partial charge in [0.05, 0.1) is 5.69 Å². The van der Waals surface area contributed by atoms with Crippen molar-refractivity contribution >= 4 is 11.6 Å². The zero-order chi connectivity index (χ0) is 11.3. The Bertz CT molecular complexity index is 314. The first kappa shape index (κ1) is 12.3. The summed E-state index contributed by atoms with van der Waals surface area (Å²) < 4.78 is 5.11. The van der Waals surface area contributed by atoms with E-state index in [1.165, 1.54) is 0 Å². The highest BCUT2D eigenvalue weighted by molar-refractivity contribution is 6.18. The van der Waals surface area contributed by atoms with Crippen LogP contribution in [-0.2, 0) is 0 Å². The zero-order valence-corrected chi connectivity index (χ0v) is 10.1. The second-order valence-corrected chi connectivity index (χ2v) is 3.80. The molecule has 1 aromatic rings. The first-order chi connectivity index (χ1) is 7.16. The number of aromatic nitrogens is 1. The van der Waals surface area contributed by atoms with Gasteiger partial charge in [0.25, 0.3) is 0 Å². The van der Waals surface area contributed by atoms with Crippen molar-refractivity contribution in [1.29, 1.82) is 0 Å². The number of nitrogens with one attached hydrogen (secondary N) is 1. The van der Waals surface area contributed by atoms with Gasteiger partial charge < -0.3 is 9.84 Å². The van der Waals surface area contributed by atoms with Gasteiger partial charge in [-0.15, -0.1) is 11.6 Å². The van der Waals surface area contributed by atoms with Crippen molar-refractivity contribution in [2.24, 2.45) is 0 Å². The van der Waals surface area contributed by atoms with Crippen molar-refractivity contribution < 1.29 is 4.52 Å². The Morgan fingerprint density at radius 3 is 2.73 bits per heavy atom. The fraction of sp³-hybridized carbons (Fsp3) is 0.545. The maximum atomic E-state index is 5.53. The summed E-state index contributed by atoms with van der Waals surface area (Å²) in [6, 6.07) is 0.247. The monoisotopic (exact) mass is 228 g/mol. The fourth-order valence-electron chi connectivity index (χ4n) is 1.60. The second-order valence-electron chi connectivity index (χ2n) is 3.49. The first-order valence-electron chi connectivity index (χ1n) is 5.04. The van der Waals surface area contributed by atoms with Gasteiger partial charge in [-0.25, -0.2) is 0 Å². The maximum Gasteiger partial charge on any atom is 0.138 e. The number of nitrogens with zero attached hydrogens (tertiary/aromatic N) is 1. The van der Waals surface area contributed by atoms with Gasteiger partial charge in [0.15, 0.2) is 0 Å². The minimum Gasteiger partial charge on any atom is -0.361 e. The summed E-state index contributed by atoms with van der Waals surface area (Å²) in [6.07, 6.45) is 3.94. The molecule has 15 heavy (non-hydrogen) atoms. The van der Waals surface area contributed by atoms with Gasteiger partial charge >= 0.3 is 0 Å². The Balaban J connectivity index is 2.53. The number of hydrogen-bond donors (Lipinski definition) is 1. The van der Waals surface area contributed by atoms with Crippen LogP contribution in [-0.4, -0.2) is 17.6 Å². The van der Waals surface area contributed by atoms with Gasteiger partial charge in [-0.05, 0) is 20.8 Å². The van der Waals surface area contributed by atoms with Crippen molar-refractivity contribution in [2.45, 2.75) is 26.8 Å². The lowest BCUT2D eigenvalue weighted by atomic mass is 10.1. The summed E-state index contributed by atoms with van der Waals surface area (Å²) >= 11 is 5.53. The van der Waals surface area contributed by atoms with Gasteiger partial charge in [0, 0.05) is 24.0 Å². The molecular formula is C11H17ClN2O. The predicted octanol–water partition coefficient (Wildman–Crippen LogP) is 2.74. The molecule has 0 fully saturated rings. The number of rotatable bonds is 5. The molecule has 0 aliphatic heterocycles. The van der Waals surface area contributed by atoms with E-state index in [9.17, 15) is 0 Å². The molecule has 0 spiro atoms. The Kier molecular flexibility index (Phi) is 4.85. The van der Waals surface area contributed by atoms with Crippen molar-refractivity contribution in [3.05, 3.63) is 29.2 Å². The average Bonchev–Trinajstić information content (AvgIpc) is 2.53. The van der Waals surface area contributed by atoms with Crippen LogP contribution in [0.15, 0.2) is 16.7 Å². The van der Waals surface area contributed by atoms with Crippen molar-refractivity contribution in [1.82, 2.24) is 10.5 Å². The highest BCUT2D eigenvalue weighted by atomic mass is 35.5. The lowest BCUT2D eigenvalue weighted by molar-refractivity contribution is 0.391. The number of allylic oxidation sites excluding steroid dienone is 1. The van der Waals surface area contributed by atoms with Crippen LogP contribution in [0.5, 0.6) is 0 Å². The van der Waals surface area contributed by atoms with Crippen LogP contribution in [0.3, 0.4) is 0 Å². The molecular weight excluding hydrogens is 212 g/mol. The standard InChI is InChI=1S/C11H17ClN2O/c1-8(13-7-5-4-6-12)11-9(2)14-15-10(11)3/h4-5,8,13H,6-7H2,1-3H3/b5-4+. The summed E-state index contributed by atoms with van der Waals surface area (Å²) in [7, 11) is 0. The Morgan fingerprint density at radius 2 is 2.20 bits per heavy atom. The number of halogens is 1. The van der Waals surface area contributed by atoms with E-state index in [2.05, 4.69) is 17.4 Å². The fourth-order valence-corrected chi connectivity index (χ4v) is 1.73. The van der Waals surface area contributed by atoms with Crippen LogP contribution in [0.2, 0.25) is 0 Å². The van der Waals surface area contributed by atoms with Gasteiger partial charge in [-0.1, -0.05) is 17.3 Å². The minimum atomic E-state index is 0.247. The number of alkyl halides is 1. The SMILES string of the molecule is Cc1noc(C)c1C(C)NC/C=C/CCl. The van der Waals surface area contributed by atoms with Crippen molar-refractivity contribution in [3.8, 4) is 0 Å². The number of hydrogen-bond acceptors (Lipinski definition) is 3. The van der Waals surface area contributed by atoms with Crippen LogP contribution in [0.1, 0.15) is 30.0 Å². The quantitative estimate of drug-likeness (QED) is 0.622. The summed E-state index contributed by atoms with van der Waals surface area (Å²) in [5.74, 6) is 1.44. The summed E-state index contributed by atoms with van der Waals surface area (Å²) in [5, 5.41) is 7.28. The molecule has 0 amide bonds. The van der Waals surface area contributed by atoms with Crippen LogP contribution < -0.4 is 5.32 Å². The molecule has 1 heterocycles. The predicted molar refractivity (Wildman–Crippen MR) is 62.3 cm³/mol. The molecule has 0 saturated heterocycles. The van der Waals surface area contributed by atoms with Gasteiger partial charge in [-0.3, -0.25) is 0 Å². The maximum absolute atomic E-state index is 5.53. The van der Waals surface area contributed by atoms with Crippen LogP contribution >= 0.6 is 11.6 Å².